The molecule has 0 aliphatic heterocycles. The molecule has 0 spiro atoms. The van der Waals surface area contributed by atoms with Crippen molar-refractivity contribution in [3.05, 3.63) is 70.0 Å². The fourth-order valence-corrected chi connectivity index (χ4v) is 3.78. The number of aromatic amines is 1. The molecule has 1 heterocycles. The molecule has 142 valence electrons. The maximum absolute atomic E-state index is 13.2. The van der Waals surface area contributed by atoms with Gasteiger partial charge in [0.05, 0.1) is 10.5 Å². The van der Waals surface area contributed by atoms with Crippen LogP contribution in [-0.4, -0.2) is 13.4 Å². The minimum absolute atomic E-state index is 0.0956. The predicted octanol–water partition coefficient (Wildman–Crippen LogP) is 3.91. The maximum Gasteiger partial charge on any atom is 0.417 e. The number of anilines is 1. The van der Waals surface area contributed by atoms with Crippen molar-refractivity contribution in [3.63, 3.8) is 0 Å². The van der Waals surface area contributed by atoms with Crippen molar-refractivity contribution in [3.8, 4) is 0 Å². The second-order valence-electron chi connectivity index (χ2n) is 5.91. The summed E-state index contributed by atoms with van der Waals surface area (Å²) in [5.41, 5.74) is -0.981. The quantitative estimate of drug-likeness (QED) is 0.702. The van der Waals surface area contributed by atoms with Gasteiger partial charge in [0.25, 0.3) is 10.0 Å². The Morgan fingerprint density at radius 3 is 2.48 bits per heavy atom. The molecule has 0 bridgehead atoms. The lowest BCUT2D eigenvalue weighted by Gasteiger charge is -2.13. The van der Waals surface area contributed by atoms with Crippen molar-refractivity contribution in [1.82, 2.24) is 4.98 Å². The van der Waals surface area contributed by atoms with E-state index in [1.54, 1.807) is 18.2 Å². The van der Waals surface area contributed by atoms with Gasteiger partial charge in [-0.1, -0.05) is 19.1 Å². The predicted molar refractivity (Wildman–Crippen MR) is 96.2 cm³/mol. The summed E-state index contributed by atoms with van der Waals surface area (Å²) in [5.74, 6) is 0. The van der Waals surface area contributed by atoms with E-state index < -0.39 is 32.7 Å². The number of H-pyrrole nitrogens is 1. The van der Waals surface area contributed by atoms with Gasteiger partial charge in [0.15, 0.2) is 0 Å². The number of benzene rings is 2. The normalized spacial score (nSPS) is 12.3. The van der Waals surface area contributed by atoms with Crippen LogP contribution in [0.2, 0.25) is 0 Å². The van der Waals surface area contributed by atoms with Gasteiger partial charge < -0.3 is 4.98 Å². The lowest BCUT2D eigenvalue weighted by molar-refractivity contribution is -0.136. The number of nitrogens with one attached hydrogen (secondary N) is 2. The van der Waals surface area contributed by atoms with Crippen LogP contribution in [0.25, 0.3) is 10.9 Å². The topological polar surface area (TPSA) is 79.0 Å². The van der Waals surface area contributed by atoms with Crippen LogP contribution in [0.3, 0.4) is 0 Å². The van der Waals surface area contributed by atoms with Crippen molar-refractivity contribution in [2.75, 3.05) is 4.72 Å². The Hall–Kier alpha value is -2.81. The largest absolute Gasteiger partial charge is 0.417 e. The van der Waals surface area contributed by atoms with Crippen molar-refractivity contribution in [2.45, 2.75) is 24.4 Å². The molecule has 3 aromatic rings. The third-order valence-electron chi connectivity index (χ3n) is 4.02. The second-order valence-corrected chi connectivity index (χ2v) is 7.59. The van der Waals surface area contributed by atoms with Crippen molar-refractivity contribution in [2.24, 2.45) is 0 Å². The van der Waals surface area contributed by atoms with Crippen molar-refractivity contribution in [1.29, 1.82) is 0 Å². The number of fused-ring (bicyclic) bond motifs is 1. The van der Waals surface area contributed by atoms with Gasteiger partial charge in [-0.25, -0.2) is 8.42 Å². The van der Waals surface area contributed by atoms with E-state index in [-0.39, 0.29) is 10.4 Å². The monoisotopic (exact) mass is 396 g/mol. The molecule has 0 aliphatic rings. The van der Waals surface area contributed by atoms with Gasteiger partial charge in [0, 0.05) is 22.7 Å². The lowest BCUT2D eigenvalue weighted by Crippen LogP contribution is -2.16. The Morgan fingerprint density at radius 1 is 1.07 bits per heavy atom. The number of aryl methyl sites for hydroxylation is 1. The first kappa shape index (κ1) is 19.0. The van der Waals surface area contributed by atoms with E-state index in [4.69, 9.17) is 0 Å². The highest BCUT2D eigenvalue weighted by Gasteiger charge is 2.33. The summed E-state index contributed by atoms with van der Waals surface area (Å²) in [6, 6.07) is 10.3. The average molecular weight is 396 g/mol. The summed E-state index contributed by atoms with van der Waals surface area (Å²) in [5, 5.41) is -0.396. The van der Waals surface area contributed by atoms with E-state index in [1.807, 2.05) is 13.0 Å². The van der Waals surface area contributed by atoms with E-state index in [0.717, 1.165) is 23.8 Å². The average Bonchev–Trinajstić information content (AvgIpc) is 2.59. The van der Waals surface area contributed by atoms with Crippen molar-refractivity contribution >= 4 is 26.6 Å². The molecule has 27 heavy (non-hydrogen) atoms. The van der Waals surface area contributed by atoms with Gasteiger partial charge in [-0.3, -0.25) is 9.52 Å². The number of halogens is 3. The van der Waals surface area contributed by atoms with E-state index in [2.05, 4.69) is 9.71 Å². The molecule has 0 fully saturated rings. The van der Waals surface area contributed by atoms with E-state index in [1.165, 1.54) is 0 Å². The van der Waals surface area contributed by atoms with Gasteiger partial charge in [-0.2, -0.15) is 13.2 Å². The molecule has 2 aromatic carbocycles. The van der Waals surface area contributed by atoms with Crippen LogP contribution < -0.4 is 10.3 Å². The third-order valence-corrected chi connectivity index (χ3v) is 5.40. The highest BCUT2D eigenvalue weighted by atomic mass is 32.2. The molecule has 0 saturated carbocycles. The number of alkyl halides is 3. The zero-order valence-electron chi connectivity index (χ0n) is 14.1. The van der Waals surface area contributed by atoms with Gasteiger partial charge in [0.2, 0.25) is 5.56 Å². The minimum Gasteiger partial charge on any atom is -0.322 e. The van der Waals surface area contributed by atoms with Crippen LogP contribution in [-0.2, 0) is 22.6 Å². The standard InChI is InChI=1S/C18H15F3N2O3S/c1-2-11-4-3-5-12(8-11)23-27(25,26)13-6-7-16-14(9-13)15(18(19,20)21)10-17(24)22-16/h3-10,23H,2H2,1H3,(H,22,24). The molecule has 0 saturated heterocycles. The molecule has 1 aromatic heterocycles. The minimum atomic E-state index is -4.79. The Kier molecular flexibility index (Phi) is 4.73. The Labute approximate surface area is 152 Å². The summed E-state index contributed by atoms with van der Waals surface area (Å²) in [6.07, 6.45) is -4.09. The SMILES string of the molecule is CCc1cccc(NS(=O)(=O)c2ccc3[nH]c(=O)cc(C(F)(F)F)c3c2)c1. The fourth-order valence-electron chi connectivity index (χ4n) is 2.70. The van der Waals surface area contributed by atoms with Crippen LogP contribution in [0.4, 0.5) is 18.9 Å². The van der Waals surface area contributed by atoms with Crippen LogP contribution >= 0.6 is 0 Å². The first-order valence-electron chi connectivity index (χ1n) is 7.96. The number of aromatic nitrogens is 1. The van der Waals surface area contributed by atoms with Crippen LogP contribution in [0, 0.1) is 0 Å². The number of rotatable bonds is 4. The molecule has 0 unspecified atom stereocenters. The van der Waals surface area contributed by atoms with Crippen LogP contribution in [0.1, 0.15) is 18.1 Å². The Bertz CT molecular complexity index is 1170. The molecule has 0 aliphatic carbocycles. The zero-order chi connectivity index (χ0) is 19.8. The molecule has 0 amide bonds. The van der Waals surface area contributed by atoms with Gasteiger partial charge in [-0.15, -0.1) is 0 Å². The fraction of sp³-hybridized carbons (Fsp3) is 0.167. The summed E-state index contributed by atoms with van der Waals surface area (Å²) in [4.78, 5) is 13.4. The number of hydrogen-bond acceptors (Lipinski definition) is 3. The van der Waals surface area contributed by atoms with E-state index in [0.29, 0.717) is 18.2 Å². The lowest BCUT2D eigenvalue weighted by atomic mass is 10.1. The molecule has 3 rings (SSSR count). The van der Waals surface area contributed by atoms with E-state index in [9.17, 15) is 26.4 Å². The smallest absolute Gasteiger partial charge is 0.322 e. The molecule has 0 radical (unpaired) electrons. The van der Waals surface area contributed by atoms with Gasteiger partial charge >= 0.3 is 6.18 Å². The van der Waals surface area contributed by atoms with Crippen molar-refractivity contribution < 1.29 is 21.6 Å². The van der Waals surface area contributed by atoms with Crippen LogP contribution in [0.15, 0.2) is 58.2 Å². The number of pyridine rings is 1. The maximum atomic E-state index is 13.2. The molecule has 5 nitrogen and oxygen atoms in total. The number of sulfonamides is 1. The molecular formula is C18H15F3N2O3S. The Morgan fingerprint density at radius 2 is 1.81 bits per heavy atom. The third kappa shape index (κ3) is 3.97. The zero-order valence-corrected chi connectivity index (χ0v) is 14.9. The summed E-state index contributed by atoms with van der Waals surface area (Å²) >= 11 is 0. The second kappa shape index (κ2) is 6.73. The molecule has 2 N–H and O–H groups in total. The summed E-state index contributed by atoms with van der Waals surface area (Å²) < 4.78 is 67.3. The number of hydrogen-bond donors (Lipinski definition) is 2. The van der Waals surface area contributed by atoms with Gasteiger partial charge in [-0.05, 0) is 42.3 Å². The summed E-state index contributed by atoms with van der Waals surface area (Å²) in [7, 11) is -4.11. The van der Waals surface area contributed by atoms with Gasteiger partial charge in [0.1, 0.15) is 0 Å². The highest BCUT2D eigenvalue weighted by molar-refractivity contribution is 7.92. The molecule has 0 atom stereocenters. The van der Waals surface area contributed by atoms with Crippen LogP contribution in [0.5, 0.6) is 0 Å². The van der Waals surface area contributed by atoms with E-state index >= 15 is 0 Å². The molecule has 9 heteroatoms. The highest BCUT2D eigenvalue weighted by Crippen LogP contribution is 2.34. The first-order valence-corrected chi connectivity index (χ1v) is 9.44. The Balaban J connectivity index is 2.10. The molecular weight excluding hydrogens is 381 g/mol. The first-order chi connectivity index (χ1) is 12.6. The summed E-state index contributed by atoms with van der Waals surface area (Å²) in [6.45, 7) is 1.91.